The van der Waals surface area contributed by atoms with Crippen LogP contribution in [0.4, 0.5) is 0 Å². The molecule has 0 bridgehead atoms. The number of ether oxygens (including phenoxy) is 1. The summed E-state index contributed by atoms with van der Waals surface area (Å²) in [5.41, 5.74) is 1.89. The Hall–Kier alpha value is -2.17. The average Bonchev–Trinajstić information content (AvgIpc) is 2.87. The maximum absolute atomic E-state index is 11.4. The van der Waals surface area contributed by atoms with Crippen molar-refractivity contribution in [2.24, 2.45) is 0 Å². The molecule has 0 spiro atoms. The molecule has 0 aromatic carbocycles. The number of hydrogen-bond donors (Lipinski definition) is 0. The molecule has 0 unspecified atom stereocenters. The van der Waals surface area contributed by atoms with E-state index in [-0.39, 0.29) is 5.97 Å². The lowest BCUT2D eigenvalue weighted by atomic mass is 10.2. The van der Waals surface area contributed by atoms with E-state index in [0.29, 0.717) is 0 Å². The largest absolute Gasteiger partial charge is 0.467 e. The molecule has 0 amide bonds. The fourth-order valence-electron chi connectivity index (χ4n) is 1.51. The van der Waals surface area contributed by atoms with Gasteiger partial charge in [-0.2, -0.15) is 5.10 Å². The highest BCUT2D eigenvalue weighted by Crippen LogP contribution is 2.18. The van der Waals surface area contributed by atoms with Crippen LogP contribution in [0, 0.1) is 0 Å². The van der Waals surface area contributed by atoms with Gasteiger partial charge in [-0.25, -0.2) is 4.79 Å². The van der Waals surface area contributed by atoms with Gasteiger partial charge in [-0.3, -0.25) is 9.67 Å². The Labute approximate surface area is 99.1 Å². The lowest BCUT2D eigenvalue weighted by Crippen LogP contribution is -2.17. The average molecular weight is 231 g/mol. The second kappa shape index (κ2) is 4.78. The third kappa shape index (κ3) is 2.33. The summed E-state index contributed by atoms with van der Waals surface area (Å²) in [5.74, 6) is -0.314. The van der Waals surface area contributed by atoms with Gasteiger partial charge < -0.3 is 4.74 Å². The summed E-state index contributed by atoms with van der Waals surface area (Å²) in [6.45, 7) is 1.74. The Morgan fingerprint density at radius 3 is 2.88 bits per heavy atom. The van der Waals surface area contributed by atoms with Gasteiger partial charge in [0.15, 0.2) is 0 Å². The van der Waals surface area contributed by atoms with E-state index < -0.39 is 6.04 Å². The number of carbonyl (C=O) groups excluding carboxylic acids is 1. The van der Waals surface area contributed by atoms with E-state index in [2.05, 4.69) is 14.8 Å². The Kier molecular flexibility index (Phi) is 3.18. The molecule has 0 aliphatic carbocycles. The van der Waals surface area contributed by atoms with E-state index in [4.69, 9.17) is 0 Å². The maximum Gasteiger partial charge on any atom is 0.330 e. The molecule has 5 heteroatoms. The number of methoxy groups -OCH3 is 1. The first-order valence-electron chi connectivity index (χ1n) is 5.24. The van der Waals surface area contributed by atoms with Crippen molar-refractivity contribution >= 4 is 5.97 Å². The number of nitrogens with zero attached hydrogens (tertiary/aromatic N) is 3. The first kappa shape index (κ1) is 11.3. The molecule has 0 radical (unpaired) electrons. The van der Waals surface area contributed by atoms with Crippen molar-refractivity contribution < 1.29 is 9.53 Å². The molecule has 2 rings (SSSR count). The van der Waals surface area contributed by atoms with Gasteiger partial charge in [-0.05, 0) is 13.0 Å². The zero-order valence-electron chi connectivity index (χ0n) is 9.70. The molecule has 88 valence electrons. The fourth-order valence-corrected chi connectivity index (χ4v) is 1.51. The van der Waals surface area contributed by atoms with Crippen molar-refractivity contribution in [1.29, 1.82) is 0 Å². The molecule has 0 saturated carbocycles. The van der Waals surface area contributed by atoms with E-state index in [1.165, 1.54) is 7.11 Å². The van der Waals surface area contributed by atoms with Crippen molar-refractivity contribution in [3.8, 4) is 11.1 Å². The van der Waals surface area contributed by atoms with E-state index in [9.17, 15) is 4.79 Å². The van der Waals surface area contributed by atoms with Gasteiger partial charge in [0.1, 0.15) is 6.04 Å². The van der Waals surface area contributed by atoms with E-state index in [1.807, 2.05) is 12.1 Å². The highest BCUT2D eigenvalue weighted by molar-refractivity contribution is 5.73. The van der Waals surface area contributed by atoms with Crippen LogP contribution in [-0.2, 0) is 9.53 Å². The van der Waals surface area contributed by atoms with Crippen molar-refractivity contribution in [3.63, 3.8) is 0 Å². The number of esters is 1. The Morgan fingerprint density at radius 1 is 1.41 bits per heavy atom. The van der Waals surface area contributed by atoms with E-state index in [0.717, 1.165) is 11.1 Å². The fraction of sp³-hybridized carbons (Fsp3) is 0.250. The molecular formula is C12H13N3O2. The first-order chi connectivity index (χ1) is 8.22. The summed E-state index contributed by atoms with van der Waals surface area (Å²) >= 11 is 0. The van der Waals surface area contributed by atoms with Gasteiger partial charge >= 0.3 is 5.97 Å². The Morgan fingerprint density at radius 2 is 2.24 bits per heavy atom. The van der Waals surface area contributed by atoms with Crippen LogP contribution in [0.1, 0.15) is 13.0 Å². The minimum absolute atomic E-state index is 0.314. The third-order valence-corrected chi connectivity index (χ3v) is 2.54. The summed E-state index contributed by atoms with van der Waals surface area (Å²) in [4.78, 5) is 15.4. The SMILES string of the molecule is COC(=O)[C@@H](C)n1cc(-c2cccnc2)cn1. The lowest BCUT2D eigenvalue weighted by Gasteiger charge is -2.08. The predicted molar refractivity (Wildman–Crippen MR) is 62.2 cm³/mol. The standard InChI is InChI=1S/C12H13N3O2/c1-9(12(16)17-2)15-8-11(7-14-15)10-4-3-5-13-6-10/h3-9H,1-2H3/t9-/m1/s1. The monoisotopic (exact) mass is 231 g/mol. The van der Waals surface area contributed by atoms with E-state index in [1.54, 1.807) is 36.4 Å². The molecular weight excluding hydrogens is 218 g/mol. The highest BCUT2D eigenvalue weighted by atomic mass is 16.5. The van der Waals surface area contributed by atoms with Crippen LogP contribution >= 0.6 is 0 Å². The highest BCUT2D eigenvalue weighted by Gasteiger charge is 2.16. The molecule has 2 aromatic rings. The summed E-state index contributed by atoms with van der Waals surface area (Å²) in [7, 11) is 1.37. The number of carbonyl (C=O) groups is 1. The minimum atomic E-state index is -0.426. The van der Waals surface area contributed by atoms with Gasteiger partial charge in [0.25, 0.3) is 0 Å². The molecule has 1 atom stereocenters. The van der Waals surface area contributed by atoms with Crippen LogP contribution in [0.5, 0.6) is 0 Å². The molecule has 0 aliphatic rings. The van der Waals surface area contributed by atoms with Gasteiger partial charge in [-0.15, -0.1) is 0 Å². The number of aromatic nitrogens is 3. The maximum atomic E-state index is 11.4. The zero-order valence-corrected chi connectivity index (χ0v) is 9.70. The quantitative estimate of drug-likeness (QED) is 0.754. The van der Waals surface area contributed by atoms with Crippen LogP contribution < -0.4 is 0 Å². The normalized spacial score (nSPS) is 12.1. The van der Waals surface area contributed by atoms with Crippen LogP contribution in [0.25, 0.3) is 11.1 Å². The Bertz CT molecular complexity index is 507. The smallest absolute Gasteiger partial charge is 0.330 e. The predicted octanol–water partition coefficient (Wildman–Crippen LogP) is 1.68. The molecule has 2 aromatic heterocycles. The number of pyridine rings is 1. The lowest BCUT2D eigenvalue weighted by molar-refractivity contribution is -0.144. The number of rotatable bonds is 3. The summed E-state index contributed by atoms with van der Waals surface area (Å²) < 4.78 is 6.25. The third-order valence-electron chi connectivity index (χ3n) is 2.54. The first-order valence-corrected chi connectivity index (χ1v) is 5.24. The van der Waals surface area contributed by atoms with Crippen LogP contribution in [-0.4, -0.2) is 27.8 Å². The van der Waals surface area contributed by atoms with Gasteiger partial charge in [0, 0.05) is 29.7 Å². The van der Waals surface area contributed by atoms with Crippen LogP contribution in [0.2, 0.25) is 0 Å². The number of hydrogen-bond acceptors (Lipinski definition) is 4. The topological polar surface area (TPSA) is 57.0 Å². The minimum Gasteiger partial charge on any atom is -0.467 e. The van der Waals surface area contributed by atoms with Gasteiger partial charge in [-0.1, -0.05) is 6.07 Å². The van der Waals surface area contributed by atoms with E-state index >= 15 is 0 Å². The summed E-state index contributed by atoms with van der Waals surface area (Å²) in [5, 5.41) is 4.15. The molecule has 0 aliphatic heterocycles. The second-order valence-corrected chi connectivity index (χ2v) is 3.65. The van der Waals surface area contributed by atoms with Crippen molar-refractivity contribution in [2.45, 2.75) is 13.0 Å². The van der Waals surface area contributed by atoms with Crippen molar-refractivity contribution in [3.05, 3.63) is 36.9 Å². The second-order valence-electron chi connectivity index (χ2n) is 3.65. The summed E-state index contributed by atoms with van der Waals surface area (Å²) in [6.07, 6.45) is 6.98. The molecule has 17 heavy (non-hydrogen) atoms. The van der Waals surface area contributed by atoms with Crippen molar-refractivity contribution in [2.75, 3.05) is 7.11 Å². The van der Waals surface area contributed by atoms with Crippen LogP contribution in [0.3, 0.4) is 0 Å². The van der Waals surface area contributed by atoms with Crippen molar-refractivity contribution in [1.82, 2.24) is 14.8 Å². The molecule has 0 N–H and O–H groups in total. The molecule has 0 saturated heterocycles. The zero-order chi connectivity index (χ0) is 12.3. The van der Waals surface area contributed by atoms with Crippen LogP contribution in [0.15, 0.2) is 36.9 Å². The molecule has 5 nitrogen and oxygen atoms in total. The summed E-state index contributed by atoms with van der Waals surface area (Å²) in [6, 6.07) is 3.37. The molecule has 2 heterocycles. The Balaban J connectivity index is 2.25. The van der Waals surface area contributed by atoms with Gasteiger partial charge in [0.2, 0.25) is 0 Å². The molecule has 0 fully saturated rings. The van der Waals surface area contributed by atoms with Gasteiger partial charge in [0.05, 0.1) is 13.3 Å².